The average Bonchev–Trinajstić information content (AvgIpc) is 3.26. The molecule has 0 aliphatic carbocycles. The lowest BCUT2D eigenvalue weighted by atomic mass is 10.1. The number of carbonyl (C=O) groups is 1. The van der Waals surface area contributed by atoms with Crippen LogP contribution in [0.25, 0.3) is 0 Å². The van der Waals surface area contributed by atoms with Crippen molar-refractivity contribution < 1.29 is 14.3 Å². The summed E-state index contributed by atoms with van der Waals surface area (Å²) in [5, 5.41) is 6.17. The summed E-state index contributed by atoms with van der Waals surface area (Å²) in [4.78, 5) is 14.9. The molecule has 2 heterocycles. The highest BCUT2D eigenvalue weighted by atomic mass is 16.5. The average molecular weight is 379 g/mol. The van der Waals surface area contributed by atoms with Crippen LogP contribution in [0.4, 0.5) is 5.69 Å². The van der Waals surface area contributed by atoms with Gasteiger partial charge in [0.1, 0.15) is 5.75 Å². The molecular formula is C22H25N3O3. The van der Waals surface area contributed by atoms with Crippen molar-refractivity contribution in [1.29, 1.82) is 0 Å². The van der Waals surface area contributed by atoms with Crippen LogP contribution in [0, 0.1) is 0 Å². The molecule has 6 heteroatoms. The Balaban J connectivity index is 1.39. The number of amides is 1. The fourth-order valence-corrected chi connectivity index (χ4v) is 3.54. The lowest BCUT2D eigenvalue weighted by molar-refractivity contribution is -0.130. The summed E-state index contributed by atoms with van der Waals surface area (Å²) in [7, 11) is 1.63. The maximum absolute atomic E-state index is 12.6. The summed E-state index contributed by atoms with van der Waals surface area (Å²) in [6.45, 7) is 4.04. The molecule has 146 valence electrons. The molecule has 0 radical (unpaired) electrons. The van der Waals surface area contributed by atoms with Gasteiger partial charge in [-0.15, -0.1) is 0 Å². The number of hydrazone groups is 1. The van der Waals surface area contributed by atoms with E-state index in [4.69, 9.17) is 9.47 Å². The first-order valence-electron chi connectivity index (χ1n) is 9.67. The summed E-state index contributed by atoms with van der Waals surface area (Å²) in [5.74, 6) is 0.809. The molecule has 2 aromatic rings. The summed E-state index contributed by atoms with van der Waals surface area (Å²) in [6, 6.07) is 16.0. The van der Waals surface area contributed by atoms with E-state index in [1.807, 2.05) is 24.3 Å². The van der Waals surface area contributed by atoms with Gasteiger partial charge in [0.25, 0.3) is 0 Å². The predicted molar refractivity (Wildman–Crippen MR) is 109 cm³/mol. The number of rotatable bonds is 5. The summed E-state index contributed by atoms with van der Waals surface area (Å²) >= 11 is 0. The molecule has 2 aromatic carbocycles. The second-order valence-electron chi connectivity index (χ2n) is 6.98. The maximum Gasteiger partial charge on any atom is 0.247 e. The lowest BCUT2D eigenvalue weighted by Crippen LogP contribution is -2.36. The molecule has 1 fully saturated rings. The van der Waals surface area contributed by atoms with Crippen LogP contribution in [-0.2, 0) is 16.0 Å². The molecule has 0 saturated carbocycles. The number of methoxy groups -OCH3 is 1. The van der Waals surface area contributed by atoms with Crippen LogP contribution >= 0.6 is 0 Å². The van der Waals surface area contributed by atoms with E-state index >= 15 is 0 Å². The zero-order valence-electron chi connectivity index (χ0n) is 16.1. The van der Waals surface area contributed by atoms with Crippen LogP contribution in [0.2, 0.25) is 0 Å². The number of nitrogens with zero attached hydrogens (tertiary/aromatic N) is 3. The normalized spacial score (nSPS) is 16.8. The number of morpholine rings is 1. The Kier molecular flexibility index (Phi) is 5.58. The van der Waals surface area contributed by atoms with Gasteiger partial charge < -0.3 is 14.4 Å². The highest BCUT2D eigenvalue weighted by Gasteiger charge is 2.22. The molecule has 4 rings (SSSR count). The topological polar surface area (TPSA) is 54.4 Å². The van der Waals surface area contributed by atoms with E-state index in [1.54, 1.807) is 12.1 Å². The van der Waals surface area contributed by atoms with E-state index in [-0.39, 0.29) is 5.91 Å². The van der Waals surface area contributed by atoms with E-state index in [0.717, 1.165) is 55.3 Å². The number of ether oxygens (including phenoxy) is 2. The zero-order chi connectivity index (χ0) is 19.3. The van der Waals surface area contributed by atoms with E-state index in [0.29, 0.717) is 13.0 Å². The van der Waals surface area contributed by atoms with Crippen molar-refractivity contribution in [3.05, 3.63) is 59.7 Å². The van der Waals surface area contributed by atoms with Gasteiger partial charge in [0.05, 0.1) is 39.0 Å². The number of hydrogen-bond donors (Lipinski definition) is 0. The summed E-state index contributed by atoms with van der Waals surface area (Å²) < 4.78 is 10.6. The Morgan fingerprint density at radius 2 is 1.75 bits per heavy atom. The second-order valence-corrected chi connectivity index (χ2v) is 6.98. The largest absolute Gasteiger partial charge is 0.497 e. The number of carbonyl (C=O) groups excluding carboxylic acids is 1. The summed E-state index contributed by atoms with van der Waals surface area (Å²) in [6.07, 6.45) is 1.13. The SMILES string of the molecule is COc1ccc(CC(=O)N2CCC(c3ccc(N4CCOCC4)cc3)=N2)cc1. The quantitative estimate of drug-likeness (QED) is 0.802. The monoisotopic (exact) mass is 379 g/mol. The minimum absolute atomic E-state index is 0.0186. The molecule has 2 aliphatic heterocycles. The van der Waals surface area contributed by atoms with E-state index in [9.17, 15) is 4.79 Å². The number of benzene rings is 2. The van der Waals surface area contributed by atoms with Crippen LogP contribution < -0.4 is 9.64 Å². The maximum atomic E-state index is 12.6. The van der Waals surface area contributed by atoms with Gasteiger partial charge in [-0.2, -0.15) is 5.10 Å². The van der Waals surface area contributed by atoms with Gasteiger partial charge in [0, 0.05) is 25.2 Å². The molecule has 6 nitrogen and oxygen atoms in total. The number of anilines is 1. The first-order chi connectivity index (χ1) is 13.7. The third kappa shape index (κ3) is 4.17. The van der Waals surface area contributed by atoms with Crippen molar-refractivity contribution in [2.45, 2.75) is 12.8 Å². The molecule has 1 saturated heterocycles. The van der Waals surface area contributed by atoms with Crippen molar-refractivity contribution in [2.75, 3.05) is 44.9 Å². The molecule has 28 heavy (non-hydrogen) atoms. The van der Waals surface area contributed by atoms with Gasteiger partial charge in [0.15, 0.2) is 0 Å². The Bertz CT molecular complexity index is 840. The third-order valence-corrected chi connectivity index (χ3v) is 5.18. The van der Waals surface area contributed by atoms with E-state index in [2.05, 4.69) is 34.3 Å². The minimum atomic E-state index is 0.0186. The standard InChI is InChI=1S/C22H25N3O3/c1-27-20-8-2-17(3-9-20)16-22(26)25-11-10-21(23-25)18-4-6-19(7-5-18)24-12-14-28-15-13-24/h2-9H,10-16H2,1H3. The molecule has 1 amide bonds. The van der Waals surface area contributed by atoms with Crippen LogP contribution in [0.15, 0.2) is 53.6 Å². The molecule has 2 aliphatic rings. The number of hydrogen-bond acceptors (Lipinski definition) is 5. The van der Waals surface area contributed by atoms with Crippen molar-refractivity contribution >= 4 is 17.3 Å². The molecule has 0 spiro atoms. The van der Waals surface area contributed by atoms with Gasteiger partial charge >= 0.3 is 0 Å². The molecule has 0 unspecified atom stereocenters. The van der Waals surface area contributed by atoms with Crippen LogP contribution in [0.3, 0.4) is 0 Å². The second kappa shape index (κ2) is 8.44. The Hall–Kier alpha value is -2.86. The Morgan fingerprint density at radius 1 is 1.04 bits per heavy atom. The predicted octanol–water partition coefficient (Wildman–Crippen LogP) is 2.71. The van der Waals surface area contributed by atoms with Crippen LogP contribution in [0.5, 0.6) is 5.75 Å². The Morgan fingerprint density at radius 3 is 2.43 bits per heavy atom. The highest BCUT2D eigenvalue weighted by Crippen LogP contribution is 2.21. The van der Waals surface area contributed by atoms with E-state index < -0.39 is 0 Å². The fraction of sp³-hybridized carbons (Fsp3) is 0.364. The van der Waals surface area contributed by atoms with E-state index in [1.165, 1.54) is 5.69 Å². The van der Waals surface area contributed by atoms with Gasteiger partial charge in [-0.1, -0.05) is 24.3 Å². The third-order valence-electron chi connectivity index (χ3n) is 5.18. The highest BCUT2D eigenvalue weighted by molar-refractivity contribution is 6.03. The zero-order valence-corrected chi connectivity index (χ0v) is 16.1. The van der Waals surface area contributed by atoms with Gasteiger partial charge in [-0.05, 0) is 35.4 Å². The smallest absolute Gasteiger partial charge is 0.247 e. The van der Waals surface area contributed by atoms with Crippen molar-refractivity contribution in [3.63, 3.8) is 0 Å². The molecule has 0 aromatic heterocycles. The van der Waals surface area contributed by atoms with Crippen LogP contribution in [-0.4, -0.2) is 56.6 Å². The van der Waals surface area contributed by atoms with Crippen LogP contribution in [0.1, 0.15) is 17.5 Å². The first kappa shape index (κ1) is 18.5. The van der Waals surface area contributed by atoms with Crippen molar-refractivity contribution in [2.24, 2.45) is 5.10 Å². The lowest BCUT2D eigenvalue weighted by Gasteiger charge is -2.28. The first-order valence-corrected chi connectivity index (χ1v) is 9.67. The van der Waals surface area contributed by atoms with Crippen molar-refractivity contribution in [3.8, 4) is 5.75 Å². The van der Waals surface area contributed by atoms with Crippen molar-refractivity contribution in [1.82, 2.24) is 5.01 Å². The minimum Gasteiger partial charge on any atom is -0.497 e. The molecule has 0 atom stereocenters. The molecule has 0 bridgehead atoms. The fourth-order valence-electron chi connectivity index (χ4n) is 3.54. The van der Waals surface area contributed by atoms with Gasteiger partial charge in [-0.25, -0.2) is 5.01 Å². The molecular weight excluding hydrogens is 354 g/mol. The molecule has 0 N–H and O–H groups in total. The van der Waals surface area contributed by atoms with Gasteiger partial charge in [0.2, 0.25) is 5.91 Å². The van der Waals surface area contributed by atoms with Gasteiger partial charge in [-0.3, -0.25) is 4.79 Å². The Labute approximate surface area is 165 Å². The summed E-state index contributed by atoms with van der Waals surface area (Å²) in [5.41, 5.74) is 4.22.